The van der Waals surface area contributed by atoms with Crippen molar-refractivity contribution in [1.29, 1.82) is 0 Å². The Morgan fingerprint density at radius 1 is 1.19 bits per heavy atom. The van der Waals surface area contributed by atoms with Crippen molar-refractivity contribution < 1.29 is 24.2 Å². The number of halogens is 1. The Bertz CT molecular complexity index is 862. The van der Waals surface area contributed by atoms with Crippen molar-refractivity contribution in [2.24, 2.45) is 0 Å². The van der Waals surface area contributed by atoms with Crippen LogP contribution in [0.1, 0.15) is 29.8 Å². The molecule has 1 amide bonds. The summed E-state index contributed by atoms with van der Waals surface area (Å²) in [6.45, 7) is 3.82. The van der Waals surface area contributed by atoms with E-state index in [0.29, 0.717) is 22.6 Å². The van der Waals surface area contributed by atoms with E-state index in [0.717, 1.165) is 3.57 Å². The minimum Gasteiger partial charge on any atom is -0.493 e. The summed E-state index contributed by atoms with van der Waals surface area (Å²) in [5.41, 5.74) is 0.704. The van der Waals surface area contributed by atoms with Crippen molar-refractivity contribution in [1.82, 2.24) is 5.32 Å². The van der Waals surface area contributed by atoms with Crippen molar-refractivity contribution >= 4 is 40.5 Å². The van der Waals surface area contributed by atoms with Gasteiger partial charge >= 0.3 is 5.97 Å². The molecule has 0 saturated carbocycles. The van der Waals surface area contributed by atoms with Crippen LogP contribution in [0.2, 0.25) is 0 Å². The molecule has 0 aliphatic carbocycles. The summed E-state index contributed by atoms with van der Waals surface area (Å²) in [7, 11) is 1.52. The van der Waals surface area contributed by atoms with Gasteiger partial charge in [-0.3, -0.25) is 4.79 Å². The zero-order valence-electron chi connectivity index (χ0n) is 15.2. The van der Waals surface area contributed by atoms with Gasteiger partial charge in [0.25, 0.3) is 5.91 Å². The summed E-state index contributed by atoms with van der Waals surface area (Å²) in [6.07, 6.45) is 1.35. The maximum absolute atomic E-state index is 12.3. The molecule has 0 heterocycles. The smallest absolute Gasteiger partial charge is 0.352 e. The second kappa shape index (κ2) is 9.40. The molecule has 0 atom stereocenters. The molecule has 7 heteroatoms. The summed E-state index contributed by atoms with van der Waals surface area (Å²) in [6, 6.07) is 11.8. The zero-order chi connectivity index (χ0) is 20.0. The third-order valence-corrected chi connectivity index (χ3v) is 4.23. The number of carboxylic acid groups (broad SMARTS) is 1. The van der Waals surface area contributed by atoms with Gasteiger partial charge in [0, 0.05) is 5.56 Å². The van der Waals surface area contributed by atoms with E-state index >= 15 is 0 Å². The fourth-order valence-electron chi connectivity index (χ4n) is 2.28. The molecule has 142 valence electrons. The predicted molar refractivity (Wildman–Crippen MR) is 111 cm³/mol. The summed E-state index contributed by atoms with van der Waals surface area (Å²) >= 11 is 2.10. The number of carbonyl (C=O) groups is 2. The van der Waals surface area contributed by atoms with Crippen LogP contribution in [0.3, 0.4) is 0 Å². The second-order valence-electron chi connectivity index (χ2n) is 5.88. The van der Waals surface area contributed by atoms with Crippen molar-refractivity contribution in [2.45, 2.75) is 20.0 Å². The lowest BCUT2D eigenvalue weighted by Gasteiger charge is -2.16. The molecule has 0 aromatic heterocycles. The first kappa shape index (κ1) is 20.8. The maximum Gasteiger partial charge on any atom is 0.352 e. The number of ether oxygens (including phenoxy) is 2. The minimum absolute atomic E-state index is 0.0338. The molecule has 0 fully saturated rings. The number of hydrogen-bond donors (Lipinski definition) is 2. The number of hydrogen-bond acceptors (Lipinski definition) is 4. The SMILES string of the molecule is COc1cc(C=C(NC(=O)c2ccccc2)C(=O)O)cc(I)c1OC(C)C. The molecule has 27 heavy (non-hydrogen) atoms. The fourth-order valence-corrected chi connectivity index (χ4v) is 3.03. The topological polar surface area (TPSA) is 84.9 Å². The molecule has 0 saturated heterocycles. The highest BCUT2D eigenvalue weighted by molar-refractivity contribution is 14.1. The van der Waals surface area contributed by atoms with Gasteiger partial charge in [0.15, 0.2) is 11.5 Å². The van der Waals surface area contributed by atoms with Crippen LogP contribution in [0, 0.1) is 3.57 Å². The average Bonchev–Trinajstić information content (AvgIpc) is 2.63. The molecule has 0 radical (unpaired) electrons. The van der Waals surface area contributed by atoms with Crippen LogP contribution in [-0.2, 0) is 4.79 Å². The Hall–Kier alpha value is -2.55. The van der Waals surface area contributed by atoms with E-state index in [-0.39, 0.29) is 11.8 Å². The number of benzene rings is 2. The monoisotopic (exact) mass is 481 g/mol. The van der Waals surface area contributed by atoms with Gasteiger partial charge in [-0.2, -0.15) is 0 Å². The van der Waals surface area contributed by atoms with Crippen molar-refractivity contribution in [2.75, 3.05) is 7.11 Å². The van der Waals surface area contributed by atoms with E-state index in [1.54, 1.807) is 42.5 Å². The van der Waals surface area contributed by atoms with Gasteiger partial charge in [-0.05, 0) is 72.3 Å². The number of nitrogens with one attached hydrogen (secondary N) is 1. The highest BCUT2D eigenvalue weighted by Gasteiger charge is 2.16. The minimum atomic E-state index is -1.24. The van der Waals surface area contributed by atoms with Crippen molar-refractivity contribution in [3.8, 4) is 11.5 Å². The van der Waals surface area contributed by atoms with Gasteiger partial charge in [-0.15, -0.1) is 0 Å². The predicted octanol–water partition coefficient (Wildman–Crippen LogP) is 3.94. The van der Waals surface area contributed by atoms with Crippen LogP contribution in [0.4, 0.5) is 0 Å². The van der Waals surface area contributed by atoms with Gasteiger partial charge in [-0.1, -0.05) is 18.2 Å². The van der Waals surface area contributed by atoms with E-state index in [9.17, 15) is 14.7 Å². The lowest BCUT2D eigenvalue weighted by molar-refractivity contribution is -0.132. The molecule has 0 bridgehead atoms. The Morgan fingerprint density at radius 3 is 2.41 bits per heavy atom. The number of rotatable bonds is 7. The highest BCUT2D eigenvalue weighted by Crippen LogP contribution is 2.35. The molecule has 2 N–H and O–H groups in total. The third-order valence-electron chi connectivity index (χ3n) is 3.43. The molecule has 6 nitrogen and oxygen atoms in total. The molecule has 0 aliphatic heterocycles. The quantitative estimate of drug-likeness (QED) is 0.463. The molecular weight excluding hydrogens is 461 g/mol. The largest absolute Gasteiger partial charge is 0.493 e. The van der Waals surface area contributed by atoms with E-state index in [4.69, 9.17) is 9.47 Å². The lowest BCUT2D eigenvalue weighted by atomic mass is 10.1. The van der Waals surface area contributed by atoms with E-state index < -0.39 is 11.9 Å². The molecule has 2 rings (SSSR count). The fraction of sp³-hybridized carbons (Fsp3) is 0.200. The number of aliphatic carboxylic acids is 1. The molecule has 2 aromatic rings. The molecular formula is C20H20INO5. The first-order valence-corrected chi connectivity index (χ1v) is 9.25. The number of carbonyl (C=O) groups excluding carboxylic acids is 1. The maximum atomic E-state index is 12.3. The van der Waals surface area contributed by atoms with Gasteiger partial charge in [-0.25, -0.2) is 4.79 Å². The van der Waals surface area contributed by atoms with Gasteiger partial charge in [0.2, 0.25) is 0 Å². The molecule has 0 spiro atoms. The Labute approximate surface area is 171 Å². The zero-order valence-corrected chi connectivity index (χ0v) is 17.3. The van der Waals surface area contributed by atoms with E-state index in [1.165, 1.54) is 13.2 Å². The van der Waals surface area contributed by atoms with Crippen LogP contribution in [-0.4, -0.2) is 30.2 Å². The van der Waals surface area contributed by atoms with Crippen LogP contribution in [0.25, 0.3) is 6.08 Å². The highest BCUT2D eigenvalue weighted by atomic mass is 127. The Morgan fingerprint density at radius 2 is 1.85 bits per heavy atom. The van der Waals surface area contributed by atoms with Crippen LogP contribution in [0.15, 0.2) is 48.2 Å². The van der Waals surface area contributed by atoms with E-state index in [1.807, 2.05) is 13.8 Å². The van der Waals surface area contributed by atoms with Crippen LogP contribution < -0.4 is 14.8 Å². The van der Waals surface area contributed by atoms with E-state index in [2.05, 4.69) is 27.9 Å². The number of carboxylic acids is 1. The summed E-state index contributed by atoms with van der Waals surface area (Å²) in [4.78, 5) is 23.8. The second-order valence-corrected chi connectivity index (χ2v) is 7.05. The van der Waals surface area contributed by atoms with Crippen LogP contribution >= 0.6 is 22.6 Å². The van der Waals surface area contributed by atoms with Gasteiger partial charge < -0.3 is 19.9 Å². The van der Waals surface area contributed by atoms with Gasteiger partial charge in [0.1, 0.15) is 5.70 Å². The normalized spacial score (nSPS) is 11.2. The van der Waals surface area contributed by atoms with Gasteiger partial charge in [0.05, 0.1) is 16.8 Å². The molecule has 0 unspecified atom stereocenters. The van der Waals surface area contributed by atoms with Crippen LogP contribution in [0.5, 0.6) is 11.5 Å². The van der Waals surface area contributed by atoms with Crippen molar-refractivity contribution in [3.05, 3.63) is 62.9 Å². The molecule has 0 aliphatic rings. The number of amides is 1. The first-order chi connectivity index (χ1) is 12.8. The Kier molecular flexibility index (Phi) is 7.23. The summed E-state index contributed by atoms with van der Waals surface area (Å²) < 4.78 is 11.9. The number of methoxy groups -OCH3 is 1. The molecule has 2 aromatic carbocycles. The average molecular weight is 481 g/mol. The Balaban J connectivity index is 2.36. The first-order valence-electron chi connectivity index (χ1n) is 8.17. The standard InChI is InChI=1S/C20H20INO5/c1-12(2)27-18-15(21)9-13(11-17(18)26-3)10-16(20(24)25)22-19(23)14-7-5-4-6-8-14/h4-12H,1-3H3,(H,22,23)(H,24,25). The van der Waals surface area contributed by atoms with Crippen molar-refractivity contribution in [3.63, 3.8) is 0 Å². The third kappa shape index (κ3) is 5.72. The lowest BCUT2D eigenvalue weighted by Crippen LogP contribution is -2.27. The summed E-state index contributed by atoms with van der Waals surface area (Å²) in [5.74, 6) is -0.655. The summed E-state index contributed by atoms with van der Waals surface area (Å²) in [5, 5.41) is 11.9.